The third kappa shape index (κ3) is 3.88. The summed E-state index contributed by atoms with van der Waals surface area (Å²) in [4.78, 5) is 22.7. The zero-order valence-corrected chi connectivity index (χ0v) is 12.4. The van der Waals surface area contributed by atoms with Crippen LogP contribution in [0.1, 0.15) is 29.1 Å². The second-order valence-corrected chi connectivity index (χ2v) is 4.62. The van der Waals surface area contributed by atoms with Gasteiger partial charge in [0.15, 0.2) is 18.1 Å². The average Bonchev–Trinajstić information content (AvgIpc) is 3.07. The molecule has 2 rings (SSSR count). The smallest absolute Gasteiger partial charge is 0.258 e. The summed E-state index contributed by atoms with van der Waals surface area (Å²) < 4.78 is 15.8. The van der Waals surface area contributed by atoms with Gasteiger partial charge < -0.3 is 19.2 Å². The van der Waals surface area contributed by atoms with Crippen molar-refractivity contribution in [1.29, 1.82) is 0 Å². The molecule has 22 heavy (non-hydrogen) atoms. The number of hydrogen-bond donors (Lipinski definition) is 1. The van der Waals surface area contributed by atoms with Crippen molar-refractivity contribution >= 4 is 12.2 Å². The first-order valence-corrected chi connectivity index (χ1v) is 6.73. The molecular weight excluding hydrogens is 286 g/mol. The van der Waals surface area contributed by atoms with E-state index in [2.05, 4.69) is 5.32 Å². The third-order valence-corrected chi connectivity index (χ3v) is 3.03. The van der Waals surface area contributed by atoms with Crippen LogP contribution in [0.2, 0.25) is 0 Å². The van der Waals surface area contributed by atoms with Crippen LogP contribution in [-0.2, 0) is 4.79 Å². The number of methoxy groups -OCH3 is 1. The first-order chi connectivity index (χ1) is 10.6. The van der Waals surface area contributed by atoms with Gasteiger partial charge in [0, 0.05) is 5.56 Å². The Morgan fingerprint density at radius 3 is 2.82 bits per heavy atom. The molecule has 2 aromatic rings. The molecule has 6 nitrogen and oxygen atoms in total. The minimum absolute atomic E-state index is 0.191. The van der Waals surface area contributed by atoms with Crippen molar-refractivity contribution in [2.45, 2.75) is 13.0 Å². The van der Waals surface area contributed by atoms with Crippen molar-refractivity contribution < 1.29 is 23.5 Å². The molecule has 6 heteroatoms. The second-order valence-electron chi connectivity index (χ2n) is 4.62. The van der Waals surface area contributed by atoms with Crippen LogP contribution >= 0.6 is 0 Å². The van der Waals surface area contributed by atoms with E-state index in [1.165, 1.54) is 13.2 Å². The maximum Gasteiger partial charge on any atom is 0.258 e. The van der Waals surface area contributed by atoms with E-state index in [9.17, 15) is 9.59 Å². The number of amides is 1. The van der Waals surface area contributed by atoms with Crippen molar-refractivity contribution in [1.82, 2.24) is 5.32 Å². The molecule has 0 fully saturated rings. The summed E-state index contributed by atoms with van der Waals surface area (Å²) in [5, 5.41) is 2.75. The van der Waals surface area contributed by atoms with E-state index < -0.39 is 0 Å². The summed E-state index contributed by atoms with van der Waals surface area (Å²) in [6.45, 7) is 1.62. The number of hydrogen-bond acceptors (Lipinski definition) is 5. The Hall–Kier alpha value is -2.76. The van der Waals surface area contributed by atoms with Crippen LogP contribution in [0.25, 0.3) is 0 Å². The number of aldehydes is 1. The Bertz CT molecular complexity index is 636. The fourth-order valence-corrected chi connectivity index (χ4v) is 1.91. The Morgan fingerprint density at radius 2 is 2.18 bits per heavy atom. The van der Waals surface area contributed by atoms with Crippen LogP contribution in [0.3, 0.4) is 0 Å². The summed E-state index contributed by atoms with van der Waals surface area (Å²) in [6, 6.07) is 8.02. The van der Waals surface area contributed by atoms with E-state index in [1.54, 1.807) is 30.5 Å². The van der Waals surface area contributed by atoms with Gasteiger partial charge in [0.1, 0.15) is 12.0 Å². The molecule has 1 heterocycles. The standard InChI is InChI=1S/C16H17NO5/c1-11(13-4-3-7-21-13)17-16(19)10-22-15-8-12(9-18)5-6-14(15)20-2/h3-9,11H,10H2,1-2H3,(H,17,19). The fraction of sp³-hybridized carbons (Fsp3) is 0.250. The molecule has 1 aromatic carbocycles. The van der Waals surface area contributed by atoms with Crippen LogP contribution in [0.15, 0.2) is 41.0 Å². The van der Waals surface area contributed by atoms with Gasteiger partial charge in [0.25, 0.3) is 5.91 Å². The van der Waals surface area contributed by atoms with Crippen molar-refractivity contribution in [2.24, 2.45) is 0 Å². The van der Waals surface area contributed by atoms with Crippen LogP contribution in [0, 0.1) is 0 Å². The lowest BCUT2D eigenvalue weighted by atomic mass is 10.2. The van der Waals surface area contributed by atoms with Crippen LogP contribution in [0.4, 0.5) is 0 Å². The number of benzene rings is 1. The molecule has 0 saturated carbocycles. The zero-order valence-electron chi connectivity index (χ0n) is 12.4. The molecule has 0 saturated heterocycles. The SMILES string of the molecule is COc1ccc(C=O)cc1OCC(=O)NC(C)c1ccco1. The summed E-state index contributed by atoms with van der Waals surface area (Å²) in [6.07, 6.45) is 2.25. The molecular formula is C16H17NO5. The highest BCUT2D eigenvalue weighted by Crippen LogP contribution is 2.27. The van der Waals surface area contributed by atoms with Gasteiger partial charge in [-0.25, -0.2) is 0 Å². The molecule has 0 aliphatic carbocycles. The lowest BCUT2D eigenvalue weighted by Gasteiger charge is -2.13. The van der Waals surface area contributed by atoms with Crippen LogP contribution < -0.4 is 14.8 Å². The van der Waals surface area contributed by atoms with Crippen LogP contribution in [-0.4, -0.2) is 25.9 Å². The molecule has 1 unspecified atom stereocenters. The number of rotatable bonds is 7. The van der Waals surface area contributed by atoms with Crippen molar-refractivity contribution in [2.75, 3.05) is 13.7 Å². The number of nitrogens with one attached hydrogen (secondary N) is 1. The van der Waals surface area contributed by atoms with E-state index in [1.807, 2.05) is 6.92 Å². The Kier molecular flexibility index (Phi) is 5.19. The highest BCUT2D eigenvalue weighted by Gasteiger charge is 2.13. The minimum Gasteiger partial charge on any atom is -0.493 e. The first kappa shape index (κ1) is 15.6. The number of carbonyl (C=O) groups excluding carboxylic acids is 2. The second kappa shape index (κ2) is 7.31. The van der Waals surface area contributed by atoms with E-state index in [0.717, 1.165) is 0 Å². The van der Waals surface area contributed by atoms with Crippen molar-refractivity contribution in [3.8, 4) is 11.5 Å². The van der Waals surface area contributed by atoms with Gasteiger partial charge in [-0.05, 0) is 37.3 Å². The van der Waals surface area contributed by atoms with Gasteiger partial charge in [-0.15, -0.1) is 0 Å². The lowest BCUT2D eigenvalue weighted by molar-refractivity contribution is -0.123. The molecule has 1 atom stereocenters. The number of furan rings is 1. The lowest BCUT2D eigenvalue weighted by Crippen LogP contribution is -2.31. The molecule has 1 N–H and O–H groups in total. The normalized spacial score (nSPS) is 11.5. The van der Waals surface area contributed by atoms with E-state index in [-0.39, 0.29) is 18.6 Å². The summed E-state index contributed by atoms with van der Waals surface area (Å²) in [5.74, 6) is 1.15. The predicted octanol–water partition coefficient (Wildman–Crippen LogP) is 2.36. The zero-order chi connectivity index (χ0) is 15.9. The van der Waals surface area contributed by atoms with E-state index >= 15 is 0 Å². The highest BCUT2D eigenvalue weighted by atomic mass is 16.5. The fourth-order valence-electron chi connectivity index (χ4n) is 1.91. The van der Waals surface area contributed by atoms with Gasteiger partial charge in [-0.2, -0.15) is 0 Å². The molecule has 0 spiro atoms. The van der Waals surface area contributed by atoms with Crippen molar-refractivity contribution in [3.05, 3.63) is 47.9 Å². The Morgan fingerprint density at radius 1 is 1.36 bits per heavy atom. The molecule has 116 valence electrons. The quantitative estimate of drug-likeness (QED) is 0.794. The number of ether oxygens (including phenoxy) is 2. The topological polar surface area (TPSA) is 77.8 Å². The Labute approximate surface area is 128 Å². The largest absolute Gasteiger partial charge is 0.493 e. The van der Waals surface area contributed by atoms with Crippen molar-refractivity contribution in [3.63, 3.8) is 0 Å². The molecule has 0 radical (unpaired) electrons. The third-order valence-electron chi connectivity index (χ3n) is 3.03. The maximum absolute atomic E-state index is 11.9. The van der Waals surface area contributed by atoms with Gasteiger partial charge in [-0.3, -0.25) is 9.59 Å². The van der Waals surface area contributed by atoms with Crippen LogP contribution in [0.5, 0.6) is 11.5 Å². The monoisotopic (exact) mass is 303 g/mol. The molecule has 0 aliphatic rings. The highest BCUT2D eigenvalue weighted by molar-refractivity contribution is 5.79. The van der Waals surface area contributed by atoms with Gasteiger partial charge in [0.2, 0.25) is 0 Å². The molecule has 0 bridgehead atoms. The first-order valence-electron chi connectivity index (χ1n) is 6.73. The summed E-state index contributed by atoms with van der Waals surface area (Å²) in [7, 11) is 1.49. The predicted molar refractivity (Wildman–Crippen MR) is 79.1 cm³/mol. The Balaban J connectivity index is 1.94. The van der Waals surface area contributed by atoms with Gasteiger partial charge >= 0.3 is 0 Å². The summed E-state index contributed by atoms with van der Waals surface area (Å²) >= 11 is 0. The molecule has 0 aliphatic heterocycles. The van der Waals surface area contributed by atoms with E-state index in [0.29, 0.717) is 29.1 Å². The molecule has 1 amide bonds. The molecule has 1 aromatic heterocycles. The van der Waals surface area contributed by atoms with E-state index in [4.69, 9.17) is 13.9 Å². The summed E-state index contributed by atoms with van der Waals surface area (Å²) in [5.41, 5.74) is 0.445. The van der Waals surface area contributed by atoms with Gasteiger partial charge in [0.05, 0.1) is 19.4 Å². The number of carbonyl (C=O) groups is 2. The minimum atomic E-state index is -0.303. The maximum atomic E-state index is 11.9. The van der Waals surface area contributed by atoms with Gasteiger partial charge in [-0.1, -0.05) is 0 Å². The average molecular weight is 303 g/mol.